The number of halogens is 1. The number of hydrogen-bond acceptors (Lipinski definition) is 4. The van der Waals surface area contributed by atoms with Gasteiger partial charge in [0.15, 0.2) is 0 Å². The Labute approximate surface area is 232 Å². The van der Waals surface area contributed by atoms with E-state index >= 15 is 0 Å². The molecule has 2 aliphatic heterocycles. The fourth-order valence-corrected chi connectivity index (χ4v) is 5.79. The van der Waals surface area contributed by atoms with Gasteiger partial charge in [0.2, 0.25) is 11.8 Å². The first-order valence-electron chi connectivity index (χ1n) is 14.5. The van der Waals surface area contributed by atoms with Crippen LogP contribution in [0.3, 0.4) is 0 Å². The Morgan fingerprint density at radius 2 is 1.82 bits per heavy atom. The summed E-state index contributed by atoms with van der Waals surface area (Å²) in [6, 6.07) is 14.0. The number of carbonyl (C=O) groups excluding carboxylic acids is 2. The lowest BCUT2D eigenvalue weighted by molar-refractivity contribution is -0.142. The van der Waals surface area contributed by atoms with Crippen LogP contribution in [0.15, 0.2) is 48.5 Å². The van der Waals surface area contributed by atoms with E-state index in [4.69, 9.17) is 9.47 Å². The molecule has 2 aromatic carbocycles. The Morgan fingerprint density at radius 3 is 2.56 bits per heavy atom. The van der Waals surface area contributed by atoms with Crippen molar-refractivity contribution in [3.05, 3.63) is 59.9 Å². The van der Waals surface area contributed by atoms with Crippen LogP contribution in [-0.4, -0.2) is 49.1 Å². The van der Waals surface area contributed by atoms with Gasteiger partial charge in [0.05, 0.1) is 24.5 Å². The van der Waals surface area contributed by atoms with Crippen molar-refractivity contribution in [1.82, 2.24) is 10.2 Å². The predicted molar refractivity (Wildman–Crippen MR) is 150 cm³/mol. The molecule has 1 fully saturated rings. The molecule has 1 atom stereocenters. The first-order chi connectivity index (χ1) is 18.8. The molecule has 2 amide bonds. The minimum atomic E-state index is -0.461. The highest BCUT2D eigenvalue weighted by molar-refractivity contribution is 5.84. The molecule has 39 heavy (non-hydrogen) atoms. The van der Waals surface area contributed by atoms with Gasteiger partial charge in [0, 0.05) is 13.1 Å². The van der Waals surface area contributed by atoms with Gasteiger partial charge in [0.1, 0.15) is 23.9 Å². The summed E-state index contributed by atoms with van der Waals surface area (Å²) in [4.78, 5) is 28.6. The van der Waals surface area contributed by atoms with Crippen LogP contribution >= 0.6 is 0 Å². The van der Waals surface area contributed by atoms with Gasteiger partial charge in [0.25, 0.3) is 0 Å². The fourth-order valence-electron chi connectivity index (χ4n) is 5.79. The zero-order valence-electron chi connectivity index (χ0n) is 23.4. The number of rotatable bonds is 6. The number of nitrogens with zero attached hydrogens (tertiary/aromatic N) is 1. The molecule has 4 rings (SSSR count). The van der Waals surface area contributed by atoms with E-state index in [1.165, 1.54) is 17.7 Å². The standard InChI is InChI=1S/C32H43FN2O4/c1-24(2)22-27-23-39-29-10-6-5-9-25(29)8-4-3-7-16-32(31(37)34-27)17-19-35(20-18-32)30(36)15-21-38-28-13-11-26(33)12-14-28/h5-6,9-14,24,27H,3-4,7-8,15-23H2,1-2H3,(H,34,37)/t27-/m0/s1. The maximum Gasteiger partial charge on any atom is 0.226 e. The Kier molecular flexibility index (Phi) is 10.2. The van der Waals surface area contributed by atoms with Gasteiger partial charge in [-0.1, -0.05) is 44.9 Å². The van der Waals surface area contributed by atoms with E-state index in [-0.39, 0.29) is 36.7 Å². The molecule has 0 bridgehead atoms. The molecule has 6 nitrogen and oxygen atoms in total. The number of ether oxygens (including phenoxy) is 2. The largest absolute Gasteiger partial charge is 0.493 e. The number of carbonyl (C=O) groups is 2. The van der Waals surface area contributed by atoms with Gasteiger partial charge in [-0.2, -0.15) is 0 Å². The zero-order chi connectivity index (χ0) is 27.7. The number of fused-ring (bicyclic) bond motifs is 1. The number of piperidine rings is 1. The van der Waals surface area contributed by atoms with Crippen LogP contribution in [0.1, 0.15) is 70.8 Å². The van der Waals surface area contributed by atoms with Crippen LogP contribution in [0.5, 0.6) is 11.5 Å². The average Bonchev–Trinajstić information content (AvgIpc) is 2.93. The molecule has 0 radical (unpaired) electrons. The number of amides is 2. The fraction of sp³-hybridized carbons (Fsp3) is 0.562. The third-order valence-electron chi connectivity index (χ3n) is 8.06. The quantitative estimate of drug-likeness (QED) is 0.495. The van der Waals surface area contributed by atoms with Crippen LogP contribution < -0.4 is 14.8 Å². The molecule has 7 heteroatoms. The van der Waals surface area contributed by atoms with Gasteiger partial charge in [-0.3, -0.25) is 9.59 Å². The zero-order valence-corrected chi connectivity index (χ0v) is 23.4. The predicted octanol–water partition coefficient (Wildman–Crippen LogP) is 5.93. The first-order valence-corrected chi connectivity index (χ1v) is 14.5. The summed E-state index contributed by atoms with van der Waals surface area (Å²) < 4.78 is 25.0. The molecule has 2 heterocycles. The second-order valence-corrected chi connectivity index (χ2v) is 11.5. The molecule has 2 aliphatic rings. The van der Waals surface area contributed by atoms with E-state index < -0.39 is 5.41 Å². The van der Waals surface area contributed by atoms with Crippen LogP contribution in [0.4, 0.5) is 4.39 Å². The maximum absolute atomic E-state index is 13.8. The van der Waals surface area contributed by atoms with Crippen LogP contribution in [0.25, 0.3) is 0 Å². The van der Waals surface area contributed by atoms with E-state index in [1.807, 2.05) is 17.0 Å². The average molecular weight is 539 g/mol. The van der Waals surface area contributed by atoms with E-state index in [1.54, 1.807) is 12.1 Å². The highest BCUT2D eigenvalue weighted by Gasteiger charge is 2.42. The Morgan fingerprint density at radius 1 is 1.08 bits per heavy atom. The summed E-state index contributed by atoms with van der Waals surface area (Å²) in [5.74, 6) is 1.71. The normalized spacial score (nSPS) is 20.2. The number of nitrogens with one attached hydrogen (secondary N) is 1. The molecule has 1 spiro atoms. The lowest BCUT2D eigenvalue weighted by Crippen LogP contribution is -2.53. The Hall–Kier alpha value is -3.09. The minimum absolute atomic E-state index is 0.0286. The van der Waals surface area contributed by atoms with Crippen molar-refractivity contribution < 1.29 is 23.5 Å². The minimum Gasteiger partial charge on any atom is -0.493 e. The van der Waals surface area contributed by atoms with Gasteiger partial charge in [-0.15, -0.1) is 0 Å². The maximum atomic E-state index is 13.8. The van der Waals surface area contributed by atoms with Gasteiger partial charge >= 0.3 is 0 Å². The molecular weight excluding hydrogens is 495 g/mol. The first kappa shape index (κ1) is 28.9. The van der Waals surface area contributed by atoms with Crippen molar-refractivity contribution in [2.45, 2.75) is 77.7 Å². The van der Waals surface area contributed by atoms with Gasteiger partial charge < -0.3 is 19.7 Å². The SMILES string of the molecule is CC(C)C[C@H]1COc2ccccc2CCCCCC2(CCN(C(=O)CCOc3ccc(F)cc3)CC2)C(=O)N1. The molecule has 0 saturated carbocycles. The molecule has 212 valence electrons. The molecule has 2 aromatic rings. The number of aryl methyl sites for hydroxylation is 1. The molecular formula is C32H43FN2O4. The van der Waals surface area contributed by atoms with Crippen molar-refractivity contribution in [2.75, 3.05) is 26.3 Å². The molecule has 1 N–H and O–H groups in total. The van der Waals surface area contributed by atoms with E-state index in [0.717, 1.165) is 44.3 Å². The third kappa shape index (κ3) is 8.20. The number of hydrogen-bond donors (Lipinski definition) is 1. The van der Waals surface area contributed by atoms with Gasteiger partial charge in [-0.25, -0.2) is 4.39 Å². The molecule has 1 saturated heterocycles. The molecule has 0 aromatic heterocycles. The van der Waals surface area contributed by atoms with E-state index in [0.29, 0.717) is 44.2 Å². The van der Waals surface area contributed by atoms with Crippen molar-refractivity contribution in [2.24, 2.45) is 11.3 Å². The smallest absolute Gasteiger partial charge is 0.226 e. The van der Waals surface area contributed by atoms with Crippen LogP contribution in [0, 0.1) is 17.2 Å². The van der Waals surface area contributed by atoms with Crippen LogP contribution in [-0.2, 0) is 16.0 Å². The summed E-state index contributed by atoms with van der Waals surface area (Å²) in [5, 5.41) is 3.36. The molecule has 0 aliphatic carbocycles. The highest BCUT2D eigenvalue weighted by atomic mass is 19.1. The third-order valence-corrected chi connectivity index (χ3v) is 8.06. The molecule has 0 unspecified atom stereocenters. The summed E-state index contributed by atoms with van der Waals surface area (Å²) in [5.41, 5.74) is 0.772. The Bertz CT molecular complexity index is 1080. The highest BCUT2D eigenvalue weighted by Crippen LogP contribution is 2.38. The van der Waals surface area contributed by atoms with Crippen LogP contribution in [0.2, 0.25) is 0 Å². The summed E-state index contributed by atoms with van der Waals surface area (Å²) in [6.07, 6.45) is 7.36. The van der Waals surface area contributed by atoms with Crippen molar-refractivity contribution in [3.63, 3.8) is 0 Å². The topological polar surface area (TPSA) is 67.9 Å². The van der Waals surface area contributed by atoms with Crippen molar-refractivity contribution in [3.8, 4) is 11.5 Å². The van der Waals surface area contributed by atoms with E-state index in [9.17, 15) is 14.0 Å². The van der Waals surface area contributed by atoms with Crippen molar-refractivity contribution >= 4 is 11.8 Å². The van der Waals surface area contributed by atoms with Crippen molar-refractivity contribution in [1.29, 1.82) is 0 Å². The second kappa shape index (κ2) is 13.8. The number of benzene rings is 2. The lowest BCUT2D eigenvalue weighted by atomic mass is 9.73. The van der Waals surface area contributed by atoms with E-state index in [2.05, 4.69) is 31.3 Å². The summed E-state index contributed by atoms with van der Waals surface area (Å²) in [7, 11) is 0. The summed E-state index contributed by atoms with van der Waals surface area (Å²) in [6.45, 7) is 6.17. The van der Waals surface area contributed by atoms with Gasteiger partial charge in [-0.05, 0) is 80.3 Å². The second-order valence-electron chi connectivity index (χ2n) is 11.5. The number of likely N-dealkylation sites (tertiary alicyclic amines) is 1. The monoisotopic (exact) mass is 538 g/mol. The Balaban J connectivity index is 1.37. The summed E-state index contributed by atoms with van der Waals surface area (Å²) >= 11 is 0. The lowest BCUT2D eigenvalue weighted by Gasteiger charge is -2.41. The number of para-hydroxylation sites is 1.